The first-order chi connectivity index (χ1) is 32.4. The van der Waals surface area contributed by atoms with Crippen LogP contribution in [0.3, 0.4) is 0 Å². The number of amidine groups is 1. The van der Waals surface area contributed by atoms with Crippen LogP contribution in [0, 0.1) is 23.7 Å². The van der Waals surface area contributed by atoms with Gasteiger partial charge in [-0.1, -0.05) is 121 Å². The Hall–Kier alpha value is -6.00. The summed E-state index contributed by atoms with van der Waals surface area (Å²) in [5, 5.41) is 14.0. The largest absolute Gasteiger partial charge is 0.453 e. The average molecular weight is 964 g/mol. The van der Waals surface area contributed by atoms with E-state index in [0.29, 0.717) is 11.1 Å². The van der Waals surface area contributed by atoms with Crippen LogP contribution in [0.2, 0.25) is 0 Å². The lowest BCUT2D eigenvalue weighted by Gasteiger charge is -2.36. The van der Waals surface area contributed by atoms with E-state index in [2.05, 4.69) is 5.16 Å². The van der Waals surface area contributed by atoms with Crippen LogP contribution < -0.4 is 0 Å². The predicted molar refractivity (Wildman–Crippen MR) is 259 cm³/mol. The zero-order chi connectivity index (χ0) is 51.9. The average Bonchev–Trinajstić information content (AvgIpc) is 3.29. The summed E-state index contributed by atoms with van der Waals surface area (Å²) in [4.78, 5) is 106. The normalized spacial score (nSPS) is 25.6. The Bertz CT molecular complexity index is 2060. The van der Waals surface area contributed by atoms with Gasteiger partial charge in [0.25, 0.3) is 17.7 Å². The predicted octanol–water partition coefficient (Wildman–Crippen LogP) is 5.93. The third-order valence-electron chi connectivity index (χ3n) is 12.1. The Kier molecular flexibility index (Phi) is 22.2. The lowest BCUT2D eigenvalue weighted by Crippen LogP contribution is -2.55. The molecule has 3 amide bonds. The van der Waals surface area contributed by atoms with Gasteiger partial charge in [0.1, 0.15) is 24.2 Å². The van der Waals surface area contributed by atoms with Crippen LogP contribution in [0.1, 0.15) is 106 Å². The van der Waals surface area contributed by atoms with Gasteiger partial charge in [0.2, 0.25) is 0 Å². The quantitative estimate of drug-likeness (QED) is 0.114. The molecule has 0 aliphatic carbocycles. The number of carbonyl (C=O) groups excluding carboxylic acids is 7. The number of carbonyl (C=O) groups is 7. The number of amides is 3. The number of hydrogen-bond donors (Lipinski definition) is 1. The van der Waals surface area contributed by atoms with Crippen molar-refractivity contribution >= 4 is 47.4 Å². The Morgan fingerprint density at radius 3 is 1.06 bits per heavy atom. The van der Waals surface area contributed by atoms with Crippen LogP contribution in [0.4, 0.5) is 0 Å². The molecule has 69 heavy (non-hydrogen) atoms. The molecule has 0 bridgehead atoms. The Balaban J connectivity index is 2.28. The summed E-state index contributed by atoms with van der Waals surface area (Å²) in [5.41, 5.74) is 1.31. The summed E-state index contributed by atoms with van der Waals surface area (Å²) in [6.07, 6.45) is -5.33. The number of cyclic esters (lactones) is 4. The van der Waals surface area contributed by atoms with Crippen LogP contribution in [0.15, 0.2) is 65.8 Å². The molecular formula is C52H77N5O12. The minimum Gasteiger partial charge on any atom is -0.453 e. The number of rotatable bonds is 12. The summed E-state index contributed by atoms with van der Waals surface area (Å²) in [6, 6.07) is 12.9. The fourth-order valence-corrected chi connectivity index (χ4v) is 8.30. The number of ether oxygens (including phenoxy) is 4. The summed E-state index contributed by atoms with van der Waals surface area (Å²) in [7, 11) is 5.68. The lowest BCUT2D eigenvalue weighted by atomic mass is 10.00. The molecule has 0 saturated carbocycles. The molecular weight excluding hydrogens is 887 g/mol. The molecule has 1 aliphatic rings. The molecule has 1 fully saturated rings. The molecule has 0 radical (unpaired) electrons. The molecule has 3 rings (SSSR count). The Labute approximate surface area is 408 Å². The molecule has 2 aromatic carbocycles. The maximum Gasteiger partial charge on any atom is 0.329 e. The zero-order valence-corrected chi connectivity index (χ0v) is 43.1. The van der Waals surface area contributed by atoms with Crippen LogP contribution in [-0.2, 0) is 65.4 Å². The van der Waals surface area contributed by atoms with E-state index in [9.17, 15) is 38.8 Å². The van der Waals surface area contributed by atoms with Crippen LogP contribution in [0.25, 0.3) is 0 Å². The standard InChI is InChI=1S/C52H77N5O12/c1-31(2)25-39-51(63)68-43(29-37-21-17-15-18-22-37)47(59)57(14)41(27-33(5)6)50(62)67-36(10)46(58)55(12)42(28-34(7)8)52(64)69-44(30-38-23-19-16-20-24-38)48(60)56(13)40(26-32(3)4)49(61)66-35(9)45(53-65)54(39)11/h15-24,31-36,39-44,65H,25-30H2,1-14H3/b53-45+/t35-,36-,39+,40+,41+,42+,43-,44-/m1/s1. The van der Waals surface area contributed by atoms with Gasteiger partial charge >= 0.3 is 23.9 Å². The highest BCUT2D eigenvalue weighted by atomic mass is 16.6. The van der Waals surface area contributed by atoms with Gasteiger partial charge < -0.3 is 43.8 Å². The van der Waals surface area contributed by atoms with Crippen molar-refractivity contribution < 1.29 is 57.7 Å². The first-order valence-electron chi connectivity index (χ1n) is 24.0. The van der Waals surface area contributed by atoms with E-state index in [1.807, 2.05) is 55.4 Å². The Morgan fingerprint density at radius 1 is 0.449 bits per heavy atom. The van der Waals surface area contributed by atoms with E-state index in [1.54, 1.807) is 60.7 Å². The Morgan fingerprint density at radius 2 is 0.739 bits per heavy atom. The molecule has 17 heteroatoms. The number of nitrogens with zero attached hydrogens (tertiary/aromatic N) is 5. The second kappa shape index (κ2) is 26.7. The van der Waals surface area contributed by atoms with Crippen molar-refractivity contribution in [2.24, 2.45) is 28.8 Å². The lowest BCUT2D eigenvalue weighted by molar-refractivity contribution is -0.174. The fourth-order valence-electron chi connectivity index (χ4n) is 8.30. The molecule has 0 aromatic heterocycles. The van der Waals surface area contributed by atoms with E-state index >= 15 is 0 Å². The van der Waals surface area contributed by atoms with Gasteiger partial charge in [-0.3, -0.25) is 14.4 Å². The van der Waals surface area contributed by atoms with Gasteiger partial charge in [-0.05, 0) is 74.3 Å². The minimum absolute atomic E-state index is 0.0744. The second-order valence-electron chi connectivity index (χ2n) is 19.9. The fraction of sp³-hybridized carbons (Fsp3) is 0.615. The third kappa shape index (κ3) is 16.6. The molecule has 1 saturated heterocycles. The van der Waals surface area contributed by atoms with Crippen LogP contribution >= 0.6 is 0 Å². The number of likely N-dealkylation sites (N-methyl/N-ethyl adjacent to an activating group) is 4. The van der Waals surface area contributed by atoms with Crippen molar-refractivity contribution in [3.8, 4) is 0 Å². The van der Waals surface area contributed by atoms with Crippen molar-refractivity contribution in [3.05, 3.63) is 71.8 Å². The zero-order valence-electron chi connectivity index (χ0n) is 43.1. The molecule has 2 aromatic rings. The maximum absolute atomic E-state index is 14.7. The molecule has 17 nitrogen and oxygen atoms in total. The highest BCUT2D eigenvalue weighted by Gasteiger charge is 2.42. The van der Waals surface area contributed by atoms with E-state index in [1.165, 1.54) is 56.7 Å². The molecule has 382 valence electrons. The summed E-state index contributed by atoms with van der Waals surface area (Å²) < 4.78 is 24.0. The van der Waals surface area contributed by atoms with Crippen molar-refractivity contribution in [2.75, 3.05) is 28.2 Å². The van der Waals surface area contributed by atoms with Crippen molar-refractivity contribution in [2.45, 2.75) is 156 Å². The topological polar surface area (TPSA) is 202 Å². The first-order valence-corrected chi connectivity index (χ1v) is 24.0. The van der Waals surface area contributed by atoms with Crippen molar-refractivity contribution in [1.82, 2.24) is 19.6 Å². The van der Waals surface area contributed by atoms with Crippen LogP contribution in [-0.4, -0.2) is 149 Å². The van der Waals surface area contributed by atoms with Crippen LogP contribution in [0.5, 0.6) is 0 Å². The third-order valence-corrected chi connectivity index (χ3v) is 12.1. The van der Waals surface area contributed by atoms with Crippen molar-refractivity contribution in [3.63, 3.8) is 0 Å². The van der Waals surface area contributed by atoms with E-state index in [4.69, 9.17) is 18.9 Å². The summed E-state index contributed by atoms with van der Waals surface area (Å²) >= 11 is 0. The van der Waals surface area contributed by atoms with E-state index in [0.717, 1.165) is 4.90 Å². The molecule has 0 unspecified atom stereocenters. The van der Waals surface area contributed by atoms with Gasteiger partial charge in [0, 0.05) is 41.0 Å². The van der Waals surface area contributed by atoms with E-state index in [-0.39, 0.29) is 68.0 Å². The van der Waals surface area contributed by atoms with Gasteiger partial charge in [-0.25, -0.2) is 19.2 Å². The second-order valence-corrected chi connectivity index (χ2v) is 19.9. The number of benzene rings is 2. The highest BCUT2D eigenvalue weighted by Crippen LogP contribution is 2.24. The minimum atomic E-state index is -1.47. The monoisotopic (exact) mass is 964 g/mol. The molecule has 1 aliphatic heterocycles. The molecule has 0 spiro atoms. The van der Waals surface area contributed by atoms with Gasteiger partial charge in [0.05, 0.1) is 0 Å². The number of hydrogen-bond acceptors (Lipinski definition) is 13. The molecule has 1 N–H and O–H groups in total. The first kappa shape index (κ1) is 57.3. The number of esters is 4. The van der Waals surface area contributed by atoms with E-state index < -0.39 is 90.2 Å². The maximum atomic E-state index is 14.7. The molecule has 8 atom stereocenters. The smallest absolute Gasteiger partial charge is 0.329 e. The SMILES string of the molecule is CC(C)C[C@H]1C(=O)O[C@H](Cc2ccccc2)C(=O)N(C)[C@@H](CC(C)C)C(=O)O[C@H](C)/C(=N\O)N(C)[C@@H](CC(C)C)C(=O)O[C@H](Cc2ccccc2)C(=O)N(C)[C@@H](CC(C)C)C(=O)O[C@H](C)C(=O)N1C. The van der Waals surface area contributed by atoms with Crippen molar-refractivity contribution in [1.29, 1.82) is 0 Å². The molecule has 1 heterocycles. The summed E-state index contributed by atoms with van der Waals surface area (Å²) in [6.45, 7) is 17.7. The summed E-state index contributed by atoms with van der Waals surface area (Å²) in [5.74, 6) is -6.49. The van der Waals surface area contributed by atoms with Gasteiger partial charge in [0.15, 0.2) is 30.3 Å². The van der Waals surface area contributed by atoms with Gasteiger partial charge in [-0.2, -0.15) is 0 Å². The highest BCUT2D eigenvalue weighted by molar-refractivity contribution is 5.95. The van der Waals surface area contributed by atoms with Gasteiger partial charge in [-0.15, -0.1) is 0 Å². The number of oxime groups is 1.